The minimum absolute atomic E-state index is 0.0428. The molecule has 1 aromatic carbocycles. The maximum absolute atomic E-state index is 12.9. The second-order valence-electron chi connectivity index (χ2n) is 6.97. The number of esters is 1. The van der Waals surface area contributed by atoms with Crippen molar-refractivity contribution >= 4 is 33.2 Å². The van der Waals surface area contributed by atoms with E-state index in [4.69, 9.17) is 4.74 Å². The third kappa shape index (κ3) is 5.24. The zero-order chi connectivity index (χ0) is 21.7. The summed E-state index contributed by atoms with van der Waals surface area (Å²) in [5.41, 5.74) is 0.691. The monoisotopic (exact) mass is 454 g/mol. The summed E-state index contributed by atoms with van der Waals surface area (Å²) in [4.78, 5) is 24.7. The van der Waals surface area contributed by atoms with Gasteiger partial charge >= 0.3 is 5.97 Å². The zero-order valence-corrected chi connectivity index (χ0v) is 18.1. The Kier molecular flexibility index (Phi) is 7.22. The summed E-state index contributed by atoms with van der Waals surface area (Å²) in [6.45, 7) is 2.41. The molecule has 1 aliphatic heterocycles. The lowest BCUT2D eigenvalue weighted by atomic mass is 10.2. The maximum atomic E-state index is 12.9. The molecule has 1 fully saturated rings. The number of carbonyl (C=O) groups excluding carboxylic acids is 2. The second kappa shape index (κ2) is 9.67. The number of nitrogens with one attached hydrogen (secondary N) is 1. The second-order valence-corrected chi connectivity index (χ2v) is 9.79. The number of halogens is 1. The molecule has 162 valence electrons. The average Bonchev–Trinajstić information content (AvgIpc) is 3.25. The van der Waals surface area contributed by atoms with Crippen LogP contribution < -0.4 is 5.32 Å². The predicted molar refractivity (Wildman–Crippen MR) is 110 cm³/mol. The van der Waals surface area contributed by atoms with E-state index in [0.717, 1.165) is 30.6 Å². The molecule has 0 radical (unpaired) electrons. The number of nitrogens with zero attached hydrogens (tertiary/aromatic N) is 1. The first-order valence-corrected chi connectivity index (χ1v) is 11.9. The number of hydrogen-bond acceptors (Lipinski definition) is 6. The van der Waals surface area contributed by atoms with E-state index in [9.17, 15) is 22.4 Å². The first-order valence-electron chi connectivity index (χ1n) is 9.60. The van der Waals surface area contributed by atoms with Crippen molar-refractivity contribution in [2.24, 2.45) is 0 Å². The highest BCUT2D eigenvalue weighted by atomic mass is 32.2. The lowest BCUT2D eigenvalue weighted by molar-refractivity contribution is -0.129. The summed E-state index contributed by atoms with van der Waals surface area (Å²) >= 11 is 0.966. The van der Waals surface area contributed by atoms with Crippen LogP contribution in [0.3, 0.4) is 0 Å². The molecule has 1 aliphatic rings. The average molecular weight is 455 g/mol. The van der Waals surface area contributed by atoms with Gasteiger partial charge in [0.05, 0.1) is 0 Å². The Bertz CT molecular complexity index is 998. The van der Waals surface area contributed by atoms with E-state index in [1.807, 2.05) is 0 Å². The van der Waals surface area contributed by atoms with Gasteiger partial charge in [-0.2, -0.15) is 4.31 Å². The van der Waals surface area contributed by atoms with Crippen LogP contribution in [-0.4, -0.2) is 43.8 Å². The lowest BCUT2D eigenvalue weighted by Crippen LogP contribution is -2.37. The fourth-order valence-corrected chi connectivity index (χ4v) is 5.89. The quantitative estimate of drug-likeness (QED) is 0.650. The molecule has 2 aromatic rings. The van der Waals surface area contributed by atoms with Gasteiger partial charge in [-0.1, -0.05) is 18.6 Å². The van der Waals surface area contributed by atoms with E-state index in [1.54, 1.807) is 0 Å². The van der Waals surface area contributed by atoms with Crippen molar-refractivity contribution in [2.45, 2.75) is 43.7 Å². The third-order valence-electron chi connectivity index (χ3n) is 4.78. The van der Waals surface area contributed by atoms with Gasteiger partial charge in [0.1, 0.15) is 15.6 Å². The summed E-state index contributed by atoms with van der Waals surface area (Å²) in [7, 11) is -3.79. The van der Waals surface area contributed by atoms with Crippen molar-refractivity contribution in [3.63, 3.8) is 0 Å². The van der Waals surface area contributed by atoms with E-state index < -0.39 is 28.0 Å². The number of ether oxygens (including phenoxy) is 1. The number of thiophene rings is 1. The van der Waals surface area contributed by atoms with Crippen molar-refractivity contribution in [1.29, 1.82) is 0 Å². The van der Waals surface area contributed by atoms with Gasteiger partial charge in [0.25, 0.3) is 5.91 Å². The number of rotatable bonds is 7. The van der Waals surface area contributed by atoms with Crippen molar-refractivity contribution < 1.29 is 27.1 Å². The highest BCUT2D eigenvalue weighted by Gasteiger charge is 2.32. The van der Waals surface area contributed by atoms with Gasteiger partial charge in [-0.05, 0) is 48.9 Å². The Hall–Kier alpha value is -2.30. The van der Waals surface area contributed by atoms with Crippen LogP contribution >= 0.6 is 11.3 Å². The van der Waals surface area contributed by atoms with Crippen molar-refractivity contribution in [3.05, 3.63) is 52.0 Å². The van der Waals surface area contributed by atoms with Gasteiger partial charge in [0, 0.05) is 19.6 Å². The standard InChI is InChI=1S/C20H23FN2O5S2/c1-14(19(24)22-13-15-5-7-16(21)8-6-15)28-20(25)18-17(9-12-29-18)30(26,27)23-10-3-2-4-11-23/h5-9,12,14H,2-4,10-11,13H2,1H3,(H,22,24). The first-order chi connectivity index (χ1) is 14.3. The number of sulfonamides is 1. The van der Waals surface area contributed by atoms with E-state index in [1.165, 1.54) is 46.9 Å². The van der Waals surface area contributed by atoms with Gasteiger partial charge < -0.3 is 10.1 Å². The SMILES string of the molecule is CC(OC(=O)c1sccc1S(=O)(=O)N1CCCCC1)C(=O)NCc1ccc(F)cc1. The first kappa shape index (κ1) is 22.4. The van der Waals surface area contributed by atoms with Gasteiger partial charge in [0.15, 0.2) is 6.10 Å². The number of hydrogen-bond donors (Lipinski definition) is 1. The molecule has 1 aromatic heterocycles. The van der Waals surface area contributed by atoms with Gasteiger partial charge in [-0.15, -0.1) is 11.3 Å². The van der Waals surface area contributed by atoms with Crippen molar-refractivity contribution in [2.75, 3.05) is 13.1 Å². The van der Waals surface area contributed by atoms with E-state index in [2.05, 4.69) is 5.32 Å². The van der Waals surface area contributed by atoms with Crippen LogP contribution in [0.15, 0.2) is 40.6 Å². The Labute approximate surface area is 178 Å². The van der Waals surface area contributed by atoms with Gasteiger partial charge in [-0.3, -0.25) is 4.79 Å². The molecule has 0 saturated carbocycles. The highest BCUT2D eigenvalue weighted by Crippen LogP contribution is 2.28. The normalized spacial score (nSPS) is 16.1. The van der Waals surface area contributed by atoms with Crippen molar-refractivity contribution in [1.82, 2.24) is 9.62 Å². The molecular formula is C20H23FN2O5S2. The summed E-state index contributed by atoms with van der Waals surface area (Å²) < 4.78 is 45.3. The zero-order valence-electron chi connectivity index (χ0n) is 16.5. The molecule has 1 unspecified atom stereocenters. The van der Waals surface area contributed by atoms with Crippen LogP contribution in [0, 0.1) is 5.82 Å². The summed E-state index contributed by atoms with van der Waals surface area (Å²) in [6.07, 6.45) is 1.43. The Morgan fingerprint density at radius 2 is 1.83 bits per heavy atom. The molecule has 3 rings (SSSR count). The molecule has 2 heterocycles. The largest absolute Gasteiger partial charge is 0.448 e. The van der Waals surface area contributed by atoms with Crippen LogP contribution in [0.25, 0.3) is 0 Å². The van der Waals surface area contributed by atoms with Crippen LogP contribution in [0.5, 0.6) is 0 Å². The number of piperidine rings is 1. The Morgan fingerprint density at radius 1 is 1.17 bits per heavy atom. The summed E-state index contributed by atoms with van der Waals surface area (Å²) in [5, 5.41) is 4.12. The molecular weight excluding hydrogens is 431 g/mol. The molecule has 10 heteroatoms. The molecule has 7 nitrogen and oxygen atoms in total. The van der Waals surface area contributed by atoms with E-state index >= 15 is 0 Å². The fraction of sp³-hybridized carbons (Fsp3) is 0.400. The van der Waals surface area contributed by atoms with Crippen LogP contribution in [0.4, 0.5) is 4.39 Å². The number of amides is 1. The van der Waals surface area contributed by atoms with E-state index in [0.29, 0.717) is 18.7 Å². The number of benzene rings is 1. The molecule has 1 amide bonds. The predicted octanol–water partition coefficient (Wildman–Crippen LogP) is 2.92. The van der Waals surface area contributed by atoms with Crippen molar-refractivity contribution in [3.8, 4) is 0 Å². The van der Waals surface area contributed by atoms with Crippen LogP contribution in [0.2, 0.25) is 0 Å². The molecule has 0 bridgehead atoms. The maximum Gasteiger partial charge on any atom is 0.350 e. The summed E-state index contributed by atoms with van der Waals surface area (Å²) in [6, 6.07) is 7.04. The fourth-order valence-electron chi connectivity index (χ4n) is 3.10. The molecule has 1 atom stereocenters. The van der Waals surface area contributed by atoms with Gasteiger partial charge in [0.2, 0.25) is 10.0 Å². The molecule has 0 spiro atoms. The molecule has 1 saturated heterocycles. The molecule has 30 heavy (non-hydrogen) atoms. The Balaban J connectivity index is 1.62. The smallest absolute Gasteiger partial charge is 0.350 e. The minimum Gasteiger partial charge on any atom is -0.448 e. The topological polar surface area (TPSA) is 92.8 Å². The summed E-state index contributed by atoms with van der Waals surface area (Å²) in [5.74, 6) is -1.77. The van der Waals surface area contributed by atoms with Crippen LogP contribution in [-0.2, 0) is 26.1 Å². The third-order valence-corrected chi connectivity index (χ3v) is 7.75. The molecule has 0 aliphatic carbocycles. The highest BCUT2D eigenvalue weighted by molar-refractivity contribution is 7.89. The molecule has 1 N–H and O–H groups in total. The Morgan fingerprint density at radius 3 is 2.50 bits per heavy atom. The minimum atomic E-state index is -3.79. The lowest BCUT2D eigenvalue weighted by Gasteiger charge is -2.25. The van der Waals surface area contributed by atoms with E-state index in [-0.39, 0.29) is 22.1 Å². The van der Waals surface area contributed by atoms with Gasteiger partial charge in [-0.25, -0.2) is 17.6 Å². The number of carbonyl (C=O) groups is 2. The van der Waals surface area contributed by atoms with Crippen LogP contribution in [0.1, 0.15) is 41.4 Å².